The average molecular weight is 452 g/mol. The van der Waals surface area contributed by atoms with Gasteiger partial charge in [0.05, 0.1) is 21.1 Å². The van der Waals surface area contributed by atoms with Gasteiger partial charge in [-0.3, -0.25) is 0 Å². The fourth-order valence-corrected chi connectivity index (χ4v) is 1.93. The molecule has 0 saturated carbocycles. The van der Waals surface area contributed by atoms with Crippen LogP contribution in [0.1, 0.15) is 0 Å². The number of halogens is 4. The average Bonchev–Trinajstić information content (AvgIpc) is 2.12. The molecule has 0 fully saturated rings. The van der Waals surface area contributed by atoms with E-state index in [4.69, 9.17) is 4.74 Å². The summed E-state index contributed by atoms with van der Waals surface area (Å²) in [5.74, 6) is -2.04. The molecule has 0 spiro atoms. The molecular weight excluding hydrogens is 435 g/mol. The molecule has 19 heavy (non-hydrogen) atoms. The third-order valence-electron chi connectivity index (χ3n) is 2.14. The van der Waals surface area contributed by atoms with E-state index in [-0.39, 0.29) is 30.6 Å². The molecule has 0 aliphatic heterocycles. The summed E-state index contributed by atoms with van der Waals surface area (Å²) in [7, 11) is 5.72. The number of likely N-dealkylation sites (N-methyl/N-ethyl adjacent to an activating group) is 1. The number of aliphatic hydroxyl groups is 1. The lowest BCUT2D eigenvalue weighted by Crippen LogP contribution is -3.00. The van der Waals surface area contributed by atoms with Gasteiger partial charge in [-0.1, -0.05) is 15.9 Å². The summed E-state index contributed by atoms with van der Waals surface area (Å²) in [6.07, 6.45) is -0.785. The van der Waals surface area contributed by atoms with Gasteiger partial charge >= 0.3 is 0 Å². The van der Waals surface area contributed by atoms with E-state index in [1.807, 2.05) is 21.1 Å². The molecule has 0 saturated heterocycles. The minimum absolute atomic E-state index is 0. The third kappa shape index (κ3) is 6.82. The predicted molar refractivity (Wildman–Crippen MR) is 68.5 cm³/mol. The summed E-state index contributed by atoms with van der Waals surface area (Å²) < 4.78 is 32.7. The Labute approximate surface area is 137 Å². The maximum absolute atomic E-state index is 13.4. The number of hydrogen-bond acceptors (Lipinski definition) is 2. The van der Waals surface area contributed by atoms with Crippen LogP contribution in [0.15, 0.2) is 16.6 Å². The highest BCUT2D eigenvalue weighted by Gasteiger charge is 2.18. The molecule has 0 aliphatic carbocycles. The van der Waals surface area contributed by atoms with Gasteiger partial charge in [0.15, 0.2) is 17.4 Å². The van der Waals surface area contributed by atoms with Crippen LogP contribution in [0.5, 0.6) is 5.75 Å². The highest BCUT2D eigenvalue weighted by Crippen LogP contribution is 2.25. The minimum Gasteiger partial charge on any atom is -1.00 e. The molecular formula is C12H17BrF2INO2. The van der Waals surface area contributed by atoms with Crippen LogP contribution in [0.25, 0.3) is 0 Å². The molecule has 0 amide bonds. The standard InChI is InChI=1S/C12H17BrF2NO2.HI/c1-16(2,3)6-9(17)7-18-12-10(14)4-8(13)5-11(12)15;/h4-5,9,17H,6-7H2,1-3H3;1H/q+1;/p-1. The van der Waals surface area contributed by atoms with Gasteiger partial charge in [0, 0.05) is 4.47 Å². The zero-order valence-corrected chi connectivity index (χ0v) is 14.7. The van der Waals surface area contributed by atoms with Crippen molar-refractivity contribution in [2.45, 2.75) is 6.10 Å². The fourth-order valence-electron chi connectivity index (χ4n) is 1.53. The molecule has 0 heterocycles. The molecule has 1 rings (SSSR count). The summed E-state index contributed by atoms with van der Waals surface area (Å²) in [5.41, 5.74) is 0. The minimum atomic E-state index is -0.792. The first-order valence-electron chi connectivity index (χ1n) is 5.45. The molecule has 1 aromatic carbocycles. The number of aliphatic hydroxyl groups excluding tert-OH is 1. The van der Waals surface area contributed by atoms with Gasteiger partial charge in [0.2, 0.25) is 0 Å². The predicted octanol–water partition coefficient (Wildman–Crippen LogP) is -0.823. The second kappa shape index (κ2) is 7.70. The van der Waals surface area contributed by atoms with Crippen LogP contribution in [0.3, 0.4) is 0 Å². The third-order valence-corrected chi connectivity index (χ3v) is 2.60. The van der Waals surface area contributed by atoms with Gasteiger partial charge in [0.1, 0.15) is 19.3 Å². The van der Waals surface area contributed by atoms with Crippen molar-refractivity contribution in [2.24, 2.45) is 0 Å². The van der Waals surface area contributed by atoms with Crippen molar-refractivity contribution in [1.82, 2.24) is 0 Å². The Kier molecular flexibility index (Phi) is 7.71. The largest absolute Gasteiger partial charge is 1.00 e. The van der Waals surface area contributed by atoms with Crippen molar-refractivity contribution in [3.8, 4) is 5.75 Å². The summed E-state index contributed by atoms with van der Waals surface area (Å²) in [4.78, 5) is 0. The van der Waals surface area contributed by atoms with E-state index in [0.717, 1.165) is 12.1 Å². The van der Waals surface area contributed by atoms with Crippen LogP contribution in [0.2, 0.25) is 0 Å². The summed E-state index contributed by atoms with van der Waals surface area (Å²) in [6.45, 7) is 0.282. The van der Waals surface area contributed by atoms with Crippen molar-refractivity contribution in [3.63, 3.8) is 0 Å². The van der Waals surface area contributed by atoms with Crippen LogP contribution >= 0.6 is 15.9 Å². The zero-order chi connectivity index (χ0) is 13.9. The Morgan fingerprint density at radius 3 is 2.16 bits per heavy atom. The number of benzene rings is 1. The van der Waals surface area contributed by atoms with Gasteiger partial charge in [0.25, 0.3) is 0 Å². The normalized spacial score (nSPS) is 12.8. The molecule has 0 aliphatic rings. The quantitative estimate of drug-likeness (QED) is 0.468. The molecule has 0 bridgehead atoms. The SMILES string of the molecule is C[N+](C)(C)CC(O)COc1c(F)cc(Br)cc1F.[I-]. The van der Waals surface area contributed by atoms with Crippen molar-refractivity contribution in [1.29, 1.82) is 0 Å². The van der Waals surface area contributed by atoms with Crippen LogP contribution in [-0.2, 0) is 0 Å². The molecule has 1 atom stereocenters. The molecule has 0 radical (unpaired) electrons. The number of quaternary nitrogens is 1. The highest BCUT2D eigenvalue weighted by molar-refractivity contribution is 9.10. The lowest BCUT2D eigenvalue weighted by Gasteiger charge is -2.26. The Bertz CT molecular complexity index is 404. The topological polar surface area (TPSA) is 29.5 Å². The second-order valence-corrected chi connectivity index (χ2v) is 6.05. The van der Waals surface area contributed by atoms with E-state index in [2.05, 4.69) is 15.9 Å². The van der Waals surface area contributed by atoms with Gasteiger partial charge in [-0.25, -0.2) is 8.78 Å². The monoisotopic (exact) mass is 451 g/mol. The summed E-state index contributed by atoms with van der Waals surface area (Å²) in [5, 5.41) is 9.69. The molecule has 3 nitrogen and oxygen atoms in total. The van der Waals surface area contributed by atoms with Crippen LogP contribution in [0, 0.1) is 11.6 Å². The number of rotatable bonds is 5. The first kappa shape index (κ1) is 19.0. The lowest BCUT2D eigenvalue weighted by atomic mass is 10.3. The van der Waals surface area contributed by atoms with Crippen LogP contribution < -0.4 is 28.7 Å². The van der Waals surface area contributed by atoms with Crippen LogP contribution in [0.4, 0.5) is 8.78 Å². The van der Waals surface area contributed by atoms with Crippen molar-refractivity contribution < 1.29 is 47.1 Å². The maximum atomic E-state index is 13.4. The summed E-state index contributed by atoms with van der Waals surface area (Å²) >= 11 is 2.98. The number of nitrogens with zero attached hydrogens (tertiary/aromatic N) is 1. The van der Waals surface area contributed by atoms with E-state index in [1.54, 1.807) is 0 Å². The number of ether oxygens (including phenoxy) is 1. The fraction of sp³-hybridized carbons (Fsp3) is 0.500. The molecule has 1 N–H and O–H groups in total. The molecule has 1 unspecified atom stereocenters. The first-order valence-corrected chi connectivity index (χ1v) is 6.24. The smallest absolute Gasteiger partial charge is 0.190 e. The molecule has 0 aromatic heterocycles. The lowest BCUT2D eigenvalue weighted by molar-refractivity contribution is -0.873. The van der Waals surface area contributed by atoms with Gasteiger partial charge in [-0.15, -0.1) is 0 Å². The van der Waals surface area contributed by atoms with Crippen molar-refractivity contribution >= 4 is 15.9 Å². The van der Waals surface area contributed by atoms with E-state index in [1.165, 1.54) is 0 Å². The van der Waals surface area contributed by atoms with Gasteiger partial charge in [-0.2, -0.15) is 0 Å². The van der Waals surface area contributed by atoms with Crippen molar-refractivity contribution in [2.75, 3.05) is 34.3 Å². The Morgan fingerprint density at radius 1 is 1.26 bits per heavy atom. The van der Waals surface area contributed by atoms with Gasteiger partial charge < -0.3 is 38.3 Å². The second-order valence-electron chi connectivity index (χ2n) is 5.14. The Balaban J connectivity index is 0.00000324. The zero-order valence-electron chi connectivity index (χ0n) is 11.0. The van der Waals surface area contributed by atoms with Crippen molar-refractivity contribution in [3.05, 3.63) is 28.2 Å². The first-order chi connectivity index (χ1) is 8.19. The van der Waals surface area contributed by atoms with Gasteiger partial charge in [-0.05, 0) is 12.1 Å². The molecule has 110 valence electrons. The highest BCUT2D eigenvalue weighted by atomic mass is 127. The van der Waals surface area contributed by atoms with E-state index in [0.29, 0.717) is 15.5 Å². The van der Waals surface area contributed by atoms with Crippen LogP contribution in [-0.4, -0.2) is 50.0 Å². The van der Waals surface area contributed by atoms with E-state index >= 15 is 0 Å². The number of hydrogen-bond donors (Lipinski definition) is 1. The van der Waals surface area contributed by atoms with E-state index < -0.39 is 23.5 Å². The Morgan fingerprint density at radius 2 is 1.74 bits per heavy atom. The van der Waals surface area contributed by atoms with E-state index in [9.17, 15) is 13.9 Å². The molecule has 7 heteroatoms. The summed E-state index contributed by atoms with van der Waals surface area (Å²) in [6, 6.07) is 2.23. The maximum Gasteiger partial charge on any atom is 0.190 e. The Hall–Kier alpha value is 0.01000. The molecule has 1 aromatic rings.